The first-order valence-corrected chi connectivity index (χ1v) is 5.98. The van der Waals surface area contributed by atoms with Gasteiger partial charge in [-0.2, -0.15) is 0 Å². The Morgan fingerprint density at radius 1 is 1.35 bits per heavy atom. The number of rotatable bonds is 5. The SMILES string of the molecule is Cc1ccc(F)cc1CN(C)CC(C)(C)CN. The lowest BCUT2D eigenvalue weighted by atomic mass is 9.93. The monoisotopic (exact) mass is 238 g/mol. The van der Waals surface area contributed by atoms with Gasteiger partial charge in [0.05, 0.1) is 0 Å². The number of aryl methyl sites for hydroxylation is 1. The van der Waals surface area contributed by atoms with Crippen molar-refractivity contribution in [1.82, 2.24) is 4.90 Å². The summed E-state index contributed by atoms with van der Waals surface area (Å²) < 4.78 is 13.2. The van der Waals surface area contributed by atoms with E-state index in [9.17, 15) is 4.39 Å². The molecule has 0 atom stereocenters. The molecule has 0 heterocycles. The van der Waals surface area contributed by atoms with Gasteiger partial charge < -0.3 is 10.6 Å². The molecule has 0 amide bonds. The van der Waals surface area contributed by atoms with Gasteiger partial charge in [0.1, 0.15) is 5.82 Å². The zero-order valence-corrected chi connectivity index (χ0v) is 11.3. The van der Waals surface area contributed by atoms with E-state index in [1.54, 1.807) is 6.07 Å². The molecule has 2 N–H and O–H groups in total. The molecule has 0 spiro atoms. The van der Waals surface area contributed by atoms with Crippen LogP contribution in [0.2, 0.25) is 0 Å². The quantitative estimate of drug-likeness (QED) is 0.854. The van der Waals surface area contributed by atoms with E-state index in [4.69, 9.17) is 5.73 Å². The first kappa shape index (κ1) is 14.1. The number of benzene rings is 1. The summed E-state index contributed by atoms with van der Waals surface area (Å²) in [5.74, 6) is -0.169. The number of halogens is 1. The predicted octanol–water partition coefficient (Wildman–Crippen LogP) is 2.55. The van der Waals surface area contributed by atoms with Crippen LogP contribution in [0.15, 0.2) is 18.2 Å². The summed E-state index contributed by atoms with van der Waals surface area (Å²) in [5, 5.41) is 0. The number of hydrogen-bond acceptors (Lipinski definition) is 2. The van der Waals surface area contributed by atoms with Gasteiger partial charge in [-0.3, -0.25) is 0 Å². The van der Waals surface area contributed by atoms with Gasteiger partial charge in [-0.25, -0.2) is 4.39 Å². The molecule has 17 heavy (non-hydrogen) atoms. The minimum atomic E-state index is -0.169. The molecule has 1 rings (SSSR count). The molecule has 0 bridgehead atoms. The molecule has 0 radical (unpaired) electrons. The van der Waals surface area contributed by atoms with E-state index >= 15 is 0 Å². The second-order valence-electron chi connectivity index (χ2n) is 5.61. The second-order valence-corrected chi connectivity index (χ2v) is 5.61. The van der Waals surface area contributed by atoms with E-state index < -0.39 is 0 Å². The van der Waals surface area contributed by atoms with Crippen molar-refractivity contribution >= 4 is 0 Å². The van der Waals surface area contributed by atoms with E-state index in [1.165, 1.54) is 6.07 Å². The summed E-state index contributed by atoms with van der Waals surface area (Å²) in [5.41, 5.74) is 7.98. The van der Waals surface area contributed by atoms with Crippen LogP contribution >= 0.6 is 0 Å². The molecule has 1 aromatic rings. The second kappa shape index (κ2) is 5.61. The maximum Gasteiger partial charge on any atom is 0.123 e. The van der Waals surface area contributed by atoms with Crippen molar-refractivity contribution in [1.29, 1.82) is 0 Å². The van der Waals surface area contributed by atoms with Crippen LogP contribution in [0.5, 0.6) is 0 Å². The molecule has 0 aromatic heterocycles. The zero-order valence-electron chi connectivity index (χ0n) is 11.3. The Hall–Kier alpha value is -0.930. The Kier molecular flexibility index (Phi) is 4.66. The lowest BCUT2D eigenvalue weighted by molar-refractivity contribution is 0.209. The molecular weight excluding hydrogens is 215 g/mol. The van der Waals surface area contributed by atoms with E-state index in [1.807, 2.05) is 20.0 Å². The van der Waals surface area contributed by atoms with Crippen LogP contribution in [0.3, 0.4) is 0 Å². The molecule has 3 heteroatoms. The summed E-state index contributed by atoms with van der Waals surface area (Å²) >= 11 is 0. The molecule has 0 fully saturated rings. The topological polar surface area (TPSA) is 29.3 Å². The highest BCUT2D eigenvalue weighted by atomic mass is 19.1. The average Bonchev–Trinajstić information content (AvgIpc) is 2.23. The Morgan fingerprint density at radius 2 is 2.00 bits per heavy atom. The summed E-state index contributed by atoms with van der Waals surface area (Å²) in [7, 11) is 2.04. The smallest absolute Gasteiger partial charge is 0.123 e. The van der Waals surface area contributed by atoms with Crippen molar-refractivity contribution in [3.05, 3.63) is 35.1 Å². The zero-order chi connectivity index (χ0) is 13.1. The van der Waals surface area contributed by atoms with Crippen LogP contribution < -0.4 is 5.73 Å². The van der Waals surface area contributed by atoms with Gasteiger partial charge in [-0.15, -0.1) is 0 Å². The molecule has 0 aliphatic heterocycles. The molecule has 0 aliphatic carbocycles. The minimum absolute atomic E-state index is 0.0932. The first-order chi connectivity index (χ1) is 7.84. The van der Waals surface area contributed by atoms with Crippen molar-refractivity contribution in [2.24, 2.45) is 11.1 Å². The third kappa shape index (κ3) is 4.44. The number of nitrogens with zero attached hydrogens (tertiary/aromatic N) is 1. The van der Waals surface area contributed by atoms with Gasteiger partial charge in [0.2, 0.25) is 0 Å². The molecule has 0 saturated heterocycles. The summed E-state index contributed by atoms with van der Waals surface area (Å²) in [6, 6.07) is 4.94. The molecular formula is C14H23FN2. The third-order valence-corrected chi connectivity index (χ3v) is 3.00. The third-order valence-electron chi connectivity index (χ3n) is 3.00. The van der Waals surface area contributed by atoms with Crippen molar-refractivity contribution < 1.29 is 4.39 Å². The Labute approximate surface area is 104 Å². The highest BCUT2D eigenvalue weighted by molar-refractivity contribution is 5.26. The van der Waals surface area contributed by atoms with Crippen LogP contribution in [0.4, 0.5) is 4.39 Å². The fraction of sp³-hybridized carbons (Fsp3) is 0.571. The van der Waals surface area contributed by atoms with Crippen molar-refractivity contribution in [3.63, 3.8) is 0 Å². The van der Waals surface area contributed by atoms with Gasteiger partial charge in [-0.05, 0) is 49.2 Å². The van der Waals surface area contributed by atoms with Crippen LogP contribution in [-0.4, -0.2) is 25.0 Å². The minimum Gasteiger partial charge on any atom is -0.330 e. The standard InChI is InChI=1S/C14H23FN2/c1-11-5-6-13(15)7-12(11)8-17(4)10-14(2,3)9-16/h5-7H,8-10,16H2,1-4H3. The van der Waals surface area contributed by atoms with Gasteiger partial charge in [-0.1, -0.05) is 19.9 Å². The summed E-state index contributed by atoms with van der Waals surface area (Å²) in [4.78, 5) is 2.19. The lowest BCUT2D eigenvalue weighted by Gasteiger charge is -2.29. The number of nitrogens with two attached hydrogens (primary N) is 1. The fourth-order valence-corrected chi connectivity index (χ4v) is 1.95. The summed E-state index contributed by atoms with van der Waals surface area (Å²) in [6.07, 6.45) is 0. The summed E-state index contributed by atoms with van der Waals surface area (Å²) in [6.45, 7) is 8.60. The maximum atomic E-state index is 13.2. The van der Waals surface area contributed by atoms with Crippen molar-refractivity contribution in [3.8, 4) is 0 Å². The molecule has 96 valence electrons. The Bertz CT molecular complexity index is 374. The van der Waals surface area contributed by atoms with Gasteiger partial charge >= 0.3 is 0 Å². The highest BCUT2D eigenvalue weighted by Gasteiger charge is 2.18. The Balaban J connectivity index is 2.68. The van der Waals surface area contributed by atoms with Crippen LogP contribution in [0.1, 0.15) is 25.0 Å². The Morgan fingerprint density at radius 3 is 2.59 bits per heavy atom. The van der Waals surface area contributed by atoms with E-state index in [0.29, 0.717) is 6.54 Å². The van der Waals surface area contributed by atoms with Crippen LogP contribution in [-0.2, 0) is 6.54 Å². The number of hydrogen-bond donors (Lipinski definition) is 1. The van der Waals surface area contributed by atoms with Gasteiger partial charge in [0.25, 0.3) is 0 Å². The van der Waals surface area contributed by atoms with Crippen molar-refractivity contribution in [2.45, 2.75) is 27.3 Å². The normalized spacial score (nSPS) is 12.2. The van der Waals surface area contributed by atoms with Crippen molar-refractivity contribution in [2.75, 3.05) is 20.1 Å². The highest BCUT2D eigenvalue weighted by Crippen LogP contribution is 2.17. The molecule has 0 saturated carbocycles. The fourth-order valence-electron chi connectivity index (χ4n) is 1.95. The van der Waals surface area contributed by atoms with E-state index in [-0.39, 0.29) is 11.2 Å². The first-order valence-electron chi connectivity index (χ1n) is 5.98. The van der Waals surface area contributed by atoms with Gasteiger partial charge in [0, 0.05) is 13.1 Å². The van der Waals surface area contributed by atoms with E-state index in [2.05, 4.69) is 18.7 Å². The average molecular weight is 238 g/mol. The van der Waals surface area contributed by atoms with Gasteiger partial charge in [0.15, 0.2) is 0 Å². The molecule has 0 unspecified atom stereocenters. The largest absolute Gasteiger partial charge is 0.330 e. The molecule has 2 nitrogen and oxygen atoms in total. The van der Waals surface area contributed by atoms with E-state index in [0.717, 1.165) is 24.2 Å². The predicted molar refractivity (Wildman–Crippen MR) is 70.3 cm³/mol. The molecule has 0 aliphatic rings. The lowest BCUT2D eigenvalue weighted by Crippen LogP contribution is -2.36. The van der Waals surface area contributed by atoms with Crippen LogP contribution in [0, 0.1) is 18.2 Å². The van der Waals surface area contributed by atoms with Crippen LogP contribution in [0.25, 0.3) is 0 Å². The maximum absolute atomic E-state index is 13.2. The molecule has 1 aromatic carbocycles.